The summed E-state index contributed by atoms with van der Waals surface area (Å²) in [6.07, 6.45) is 2.31. The van der Waals surface area contributed by atoms with E-state index in [0.29, 0.717) is 25.3 Å². The van der Waals surface area contributed by atoms with E-state index in [1.165, 1.54) is 11.3 Å². The summed E-state index contributed by atoms with van der Waals surface area (Å²) in [4.78, 5) is 31.4. The van der Waals surface area contributed by atoms with Crippen LogP contribution in [0.4, 0.5) is 0 Å². The van der Waals surface area contributed by atoms with E-state index in [2.05, 4.69) is 10.3 Å². The molecule has 2 heterocycles. The highest BCUT2D eigenvalue weighted by molar-refractivity contribution is 7.09. The number of nitrogens with one attached hydrogen (secondary N) is 1. The van der Waals surface area contributed by atoms with Crippen molar-refractivity contribution in [1.82, 2.24) is 15.2 Å². The fourth-order valence-corrected chi connectivity index (χ4v) is 4.13. The second-order valence-corrected chi connectivity index (χ2v) is 7.72. The van der Waals surface area contributed by atoms with Crippen molar-refractivity contribution in [3.63, 3.8) is 0 Å². The molecule has 1 atom stereocenters. The Bertz CT molecular complexity index is 776. The number of hydrogen-bond acceptors (Lipinski definition) is 5. The molecule has 1 fully saturated rings. The molecule has 1 unspecified atom stereocenters. The zero-order valence-corrected chi connectivity index (χ0v) is 17.6. The molecule has 0 aliphatic carbocycles. The van der Waals surface area contributed by atoms with Gasteiger partial charge < -0.3 is 16.0 Å². The lowest BCUT2D eigenvalue weighted by Crippen LogP contribution is -2.47. The maximum absolute atomic E-state index is 12.9. The van der Waals surface area contributed by atoms with Gasteiger partial charge in [-0.3, -0.25) is 9.59 Å². The van der Waals surface area contributed by atoms with Crippen LogP contribution in [0.15, 0.2) is 35.7 Å². The highest BCUT2D eigenvalue weighted by Crippen LogP contribution is 2.24. The van der Waals surface area contributed by atoms with Gasteiger partial charge in [-0.2, -0.15) is 0 Å². The van der Waals surface area contributed by atoms with Gasteiger partial charge in [0.05, 0.1) is 5.92 Å². The Hall–Kier alpha value is -1.96. The zero-order chi connectivity index (χ0) is 19.2. The van der Waals surface area contributed by atoms with Crippen LogP contribution < -0.4 is 11.1 Å². The van der Waals surface area contributed by atoms with Crippen molar-refractivity contribution in [2.24, 2.45) is 5.73 Å². The Morgan fingerprint density at radius 1 is 1.29 bits per heavy atom. The number of nitrogens with two attached hydrogens (primary N) is 1. The SMILES string of the molecule is CCC(C(=O)N1CCC(NC(=O)c2csc(CN)n2)CC1)c1ccccc1.Cl. The lowest BCUT2D eigenvalue weighted by Gasteiger charge is -2.34. The second kappa shape index (κ2) is 10.5. The van der Waals surface area contributed by atoms with Gasteiger partial charge in [-0.15, -0.1) is 23.7 Å². The number of likely N-dealkylation sites (tertiary alicyclic amines) is 1. The summed E-state index contributed by atoms with van der Waals surface area (Å²) in [5, 5.41) is 5.53. The van der Waals surface area contributed by atoms with Crippen LogP contribution in [-0.2, 0) is 11.3 Å². The smallest absolute Gasteiger partial charge is 0.270 e. The number of nitrogens with zero attached hydrogens (tertiary/aromatic N) is 2. The van der Waals surface area contributed by atoms with Gasteiger partial charge in [-0.05, 0) is 24.8 Å². The van der Waals surface area contributed by atoms with Crippen molar-refractivity contribution in [2.75, 3.05) is 13.1 Å². The first-order chi connectivity index (χ1) is 13.1. The van der Waals surface area contributed by atoms with Crippen molar-refractivity contribution in [2.45, 2.75) is 44.7 Å². The quantitative estimate of drug-likeness (QED) is 0.749. The van der Waals surface area contributed by atoms with E-state index in [1.807, 2.05) is 42.2 Å². The molecule has 0 spiro atoms. The van der Waals surface area contributed by atoms with Crippen LogP contribution in [0.1, 0.15) is 53.2 Å². The Kier molecular flexibility index (Phi) is 8.41. The average Bonchev–Trinajstić information content (AvgIpc) is 3.19. The van der Waals surface area contributed by atoms with Gasteiger partial charge in [0.1, 0.15) is 10.7 Å². The summed E-state index contributed by atoms with van der Waals surface area (Å²) in [5.74, 6) is -0.0750. The number of aromatic nitrogens is 1. The minimum absolute atomic E-state index is 0. The summed E-state index contributed by atoms with van der Waals surface area (Å²) in [6, 6.07) is 10.0. The molecule has 0 radical (unpaired) electrons. The number of hydrogen-bond donors (Lipinski definition) is 2. The molecular weight excluding hydrogens is 396 g/mol. The first kappa shape index (κ1) is 22.3. The number of halogens is 1. The van der Waals surface area contributed by atoms with Crippen LogP contribution in [-0.4, -0.2) is 40.8 Å². The molecule has 2 aromatic rings. The molecule has 3 N–H and O–H groups in total. The number of thiazole rings is 1. The van der Waals surface area contributed by atoms with Crippen molar-refractivity contribution in [3.05, 3.63) is 52.0 Å². The van der Waals surface area contributed by atoms with E-state index in [-0.39, 0.29) is 36.2 Å². The highest BCUT2D eigenvalue weighted by atomic mass is 35.5. The van der Waals surface area contributed by atoms with Crippen molar-refractivity contribution >= 4 is 35.6 Å². The van der Waals surface area contributed by atoms with Gasteiger partial charge in [0.15, 0.2) is 0 Å². The maximum atomic E-state index is 12.9. The molecule has 0 bridgehead atoms. The molecule has 1 aromatic carbocycles. The topological polar surface area (TPSA) is 88.3 Å². The molecule has 0 saturated carbocycles. The fourth-order valence-electron chi connectivity index (χ4n) is 3.47. The summed E-state index contributed by atoms with van der Waals surface area (Å²) >= 11 is 1.40. The third kappa shape index (κ3) is 5.31. The number of benzene rings is 1. The first-order valence-electron chi connectivity index (χ1n) is 9.41. The Labute approximate surface area is 175 Å². The van der Waals surface area contributed by atoms with E-state index in [9.17, 15) is 9.59 Å². The van der Waals surface area contributed by atoms with Crippen LogP contribution in [0.3, 0.4) is 0 Å². The van der Waals surface area contributed by atoms with Crippen LogP contribution in [0.5, 0.6) is 0 Å². The lowest BCUT2D eigenvalue weighted by molar-refractivity contribution is -0.134. The predicted molar refractivity (Wildman–Crippen MR) is 114 cm³/mol. The minimum atomic E-state index is -0.161. The first-order valence-corrected chi connectivity index (χ1v) is 10.3. The number of piperidine rings is 1. The summed E-state index contributed by atoms with van der Waals surface area (Å²) < 4.78 is 0. The van der Waals surface area contributed by atoms with E-state index in [4.69, 9.17) is 5.73 Å². The second-order valence-electron chi connectivity index (χ2n) is 6.78. The Morgan fingerprint density at radius 2 is 1.96 bits per heavy atom. The third-order valence-corrected chi connectivity index (χ3v) is 5.88. The largest absolute Gasteiger partial charge is 0.348 e. The standard InChI is InChI=1S/C20H26N4O2S.ClH/c1-2-16(14-6-4-3-5-7-14)20(26)24-10-8-15(9-11-24)22-19(25)17-13-27-18(12-21)23-17;/h3-7,13,15-16H,2,8-12,21H2,1H3,(H,22,25);1H. The van der Waals surface area contributed by atoms with Gasteiger partial charge >= 0.3 is 0 Å². The van der Waals surface area contributed by atoms with Crippen LogP contribution in [0.25, 0.3) is 0 Å². The average molecular weight is 423 g/mol. The number of amides is 2. The molecule has 3 rings (SSSR count). The van der Waals surface area contributed by atoms with E-state index >= 15 is 0 Å². The van der Waals surface area contributed by atoms with E-state index < -0.39 is 0 Å². The normalized spacial score (nSPS) is 15.6. The lowest BCUT2D eigenvalue weighted by atomic mass is 9.93. The molecule has 1 saturated heterocycles. The van der Waals surface area contributed by atoms with Crippen LogP contribution in [0.2, 0.25) is 0 Å². The van der Waals surface area contributed by atoms with Crippen LogP contribution in [0, 0.1) is 0 Å². The molecule has 1 aliphatic rings. The molecule has 6 nitrogen and oxygen atoms in total. The van der Waals surface area contributed by atoms with Crippen molar-refractivity contribution in [3.8, 4) is 0 Å². The molecule has 28 heavy (non-hydrogen) atoms. The fraction of sp³-hybridized carbons (Fsp3) is 0.450. The Balaban J connectivity index is 0.00000280. The van der Waals surface area contributed by atoms with Gasteiger partial charge in [0.25, 0.3) is 5.91 Å². The third-order valence-electron chi connectivity index (χ3n) is 5.01. The molecule has 1 aromatic heterocycles. The Morgan fingerprint density at radius 3 is 2.54 bits per heavy atom. The van der Waals surface area contributed by atoms with Gasteiger partial charge in [-0.1, -0.05) is 37.3 Å². The monoisotopic (exact) mass is 422 g/mol. The minimum Gasteiger partial charge on any atom is -0.348 e. The van der Waals surface area contributed by atoms with Gasteiger partial charge in [-0.25, -0.2) is 4.98 Å². The predicted octanol–water partition coefficient (Wildman–Crippen LogP) is 2.94. The number of carbonyl (C=O) groups is 2. The summed E-state index contributed by atoms with van der Waals surface area (Å²) in [7, 11) is 0. The van der Waals surface area contributed by atoms with Gasteiger partial charge in [0, 0.05) is 31.1 Å². The van der Waals surface area contributed by atoms with E-state index in [1.54, 1.807) is 5.38 Å². The molecule has 8 heteroatoms. The molecule has 2 amide bonds. The van der Waals surface area contributed by atoms with Crippen molar-refractivity contribution in [1.29, 1.82) is 0 Å². The molecular formula is C20H27ClN4O2S. The maximum Gasteiger partial charge on any atom is 0.270 e. The number of carbonyl (C=O) groups excluding carboxylic acids is 2. The summed E-state index contributed by atoms with van der Waals surface area (Å²) in [5.41, 5.74) is 7.04. The van der Waals surface area contributed by atoms with E-state index in [0.717, 1.165) is 29.8 Å². The summed E-state index contributed by atoms with van der Waals surface area (Å²) in [6.45, 7) is 3.72. The zero-order valence-electron chi connectivity index (χ0n) is 16.0. The number of rotatable bonds is 6. The van der Waals surface area contributed by atoms with Gasteiger partial charge in [0.2, 0.25) is 5.91 Å². The molecule has 152 valence electrons. The van der Waals surface area contributed by atoms with Crippen molar-refractivity contribution < 1.29 is 9.59 Å². The molecule has 1 aliphatic heterocycles. The highest BCUT2D eigenvalue weighted by Gasteiger charge is 2.29. The van der Waals surface area contributed by atoms with Crippen LogP contribution >= 0.6 is 23.7 Å².